The van der Waals surface area contributed by atoms with Gasteiger partial charge >= 0.3 is 7.12 Å². The van der Waals surface area contributed by atoms with Crippen LogP contribution in [0.5, 0.6) is 11.5 Å². The molecule has 1 saturated heterocycles. The van der Waals surface area contributed by atoms with Gasteiger partial charge in [0.1, 0.15) is 28.7 Å². The largest absolute Gasteiger partial charge is 0.457 e. The second-order valence-corrected chi connectivity index (χ2v) is 12.6. The van der Waals surface area contributed by atoms with E-state index in [0.29, 0.717) is 64.4 Å². The van der Waals surface area contributed by atoms with Crippen molar-refractivity contribution < 1.29 is 36.4 Å². The SMILES string of the molecule is CNC(=O)c1c(-c2ccc(Oc3ccc(F)cc3)cc2)oc2cc(NS(=O)(=O)CCC3COB(O)C3)c(C3CC3)cc12. The molecule has 3 N–H and O–H groups in total. The molecule has 2 aliphatic rings. The number of sulfonamides is 1. The lowest BCUT2D eigenvalue weighted by Crippen LogP contribution is -2.20. The van der Waals surface area contributed by atoms with Crippen LogP contribution in [-0.2, 0) is 14.7 Å². The van der Waals surface area contributed by atoms with Gasteiger partial charge in [-0.05, 0) is 97.6 Å². The molecule has 6 rings (SSSR count). The van der Waals surface area contributed by atoms with Crippen LogP contribution in [0.3, 0.4) is 0 Å². The molecule has 9 nitrogen and oxygen atoms in total. The van der Waals surface area contributed by atoms with Crippen molar-refractivity contribution in [3.63, 3.8) is 0 Å². The van der Waals surface area contributed by atoms with Crippen molar-refractivity contribution in [2.75, 3.05) is 24.1 Å². The summed E-state index contributed by atoms with van der Waals surface area (Å²) in [4.78, 5) is 13.1. The fraction of sp³-hybridized carbons (Fsp3) is 0.300. The summed E-state index contributed by atoms with van der Waals surface area (Å²) >= 11 is 0. The van der Waals surface area contributed by atoms with Crippen molar-refractivity contribution in [2.45, 2.75) is 31.5 Å². The average molecular weight is 592 g/mol. The normalized spacial score (nSPS) is 17.0. The van der Waals surface area contributed by atoms with Crippen LogP contribution in [0.4, 0.5) is 10.1 Å². The summed E-state index contributed by atoms with van der Waals surface area (Å²) in [5.41, 5.74) is 2.64. The van der Waals surface area contributed by atoms with E-state index in [1.165, 1.54) is 24.3 Å². The third-order valence-electron chi connectivity index (χ3n) is 7.62. The summed E-state index contributed by atoms with van der Waals surface area (Å²) < 4.78 is 59.2. The highest BCUT2D eigenvalue weighted by atomic mass is 32.2. The Labute approximate surface area is 243 Å². The molecule has 1 aliphatic carbocycles. The maximum atomic E-state index is 13.2. The number of fused-ring (bicyclic) bond motifs is 1. The summed E-state index contributed by atoms with van der Waals surface area (Å²) in [6.45, 7) is 0.340. The van der Waals surface area contributed by atoms with Crippen LogP contribution >= 0.6 is 0 Å². The first-order valence-corrected chi connectivity index (χ1v) is 15.5. The van der Waals surface area contributed by atoms with Gasteiger partial charge in [0.2, 0.25) is 10.0 Å². The van der Waals surface area contributed by atoms with Gasteiger partial charge in [0.15, 0.2) is 0 Å². The quantitative estimate of drug-likeness (QED) is 0.207. The van der Waals surface area contributed by atoms with Crippen molar-refractivity contribution in [2.24, 2.45) is 5.92 Å². The molecular weight excluding hydrogens is 562 g/mol. The standard InChI is InChI=1S/C30H30BFN2O7S/c1-33-30(35)28-25-14-24(19-2-3-19)26(34-42(37,38)13-12-18-16-31(36)39-17-18)15-27(25)41-29(28)20-4-8-22(9-5-20)40-23-10-6-21(32)7-11-23/h4-11,14-15,18-19,34,36H,2-3,12-13,16-17H2,1H3,(H,33,35). The molecule has 1 unspecified atom stereocenters. The Morgan fingerprint density at radius 3 is 2.40 bits per heavy atom. The lowest BCUT2D eigenvalue weighted by Gasteiger charge is -2.14. The Balaban J connectivity index is 1.31. The molecule has 42 heavy (non-hydrogen) atoms. The first kappa shape index (κ1) is 28.3. The molecular formula is C30H30BFN2O7S. The van der Waals surface area contributed by atoms with Gasteiger partial charge in [0.25, 0.3) is 5.91 Å². The van der Waals surface area contributed by atoms with E-state index in [4.69, 9.17) is 13.8 Å². The number of halogens is 1. The molecule has 0 spiro atoms. The van der Waals surface area contributed by atoms with Crippen molar-refractivity contribution in [1.29, 1.82) is 0 Å². The number of hydrogen-bond acceptors (Lipinski definition) is 7. The zero-order chi connectivity index (χ0) is 29.4. The number of nitrogens with one attached hydrogen (secondary N) is 2. The monoisotopic (exact) mass is 592 g/mol. The smallest absolute Gasteiger partial charge is 0.454 e. The number of ether oxygens (including phenoxy) is 1. The molecule has 12 heteroatoms. The maximum absolute atomic E-state index is 13.2. The molecule has 1 amide bonds. The minimum absolute atomic E-state index is 0.0165. The van der Waals surface area contributed by atoms with Crippen LogP contribution in [0.2, 0.25) is 6.32 Å². The molecule has 2 heterocycles. The number of amides is 1. The van der Waals surface area contributed by atoms with Gasteiger partial charge in [0.05, 0.1) is 17.0 Å². The third kappa shape index (κ3) is 6.15. The van der Waals surface area contributed by atoms with E-state index < -0.39 is 17.1 Å². The Bertz CT molecular complexity index is 1720. The molecule has 0 radical (unpaired) electrons. The summed E-state index contributed by atoms with van der Waals surface area (Å²) in [5.74, 6) is 0.733. The number of anilines is 1. The van der Waals surface area contributed by atoms with Crippen molar-refractivity contribution in [1.82, 2.24) is 5.32 Å². The molecule has 1 saturated carbocycles. The fourth-order valence-corrected chi connectivity index (χ4v) is 6.51. The fourth-order valence-electron chi connectivity index (χ4n) is 5.26. The summed E-state index contributed by atoms with van der Waals surface area (Å²) in [5, 5.41) is 12.9. The lowest BCUT2D eigenvalue weighted by molar-refractivity contribution is 0.0964. The van der Waals surface area contributed by atoms with Gasteiger partial charge in [-0.25, -0.2) is 12.8 Å². The lowest BCUT2D eigenvalue weighted by atomic mass is 9.81. The number of furan rings is 1. The van der Waals surface area contributed by atoms with E-state index in [1.807, 2.05) is 6.07 Å². The molecule has 2 fully saturated rings. The minimum Gasteiger partial charge on any atom is -0.457 e. The van der Waals surface area contributed by atoms with Crippen LogP contribution in [0.25, 0.3) is 22.3 Å². The Morgan fingerprint density at radius 2 is 1.79 bits per heavy atom. The number of benzene rings is 3. The van der Waals surface area contributed by atoms with E-state index in [9.17, 15) is 22.6 Å². The molecule has 1 aliphatic heterocycles. The molecule has 4 aromatic rings. The summed E-state index contributed by atoms with van der Waals surface area (Å²) in [6, 6.07) is 16.2. The number of carbonyl (C=O) groups is 1. The number of rotatable bonds is 10. The molecule has 1 aromatic heterocycles. The number of hydrogen-bond donors (Lipinski definition) is 3. The summed E-state index contributed by atoms with van der Waals surface area (Å²) in [7, 11) is -2.98. The van der Waals surface area contributed by atoms with Crippen LogP contribution in [0, 0.1) is 11.7 Å². The van der Waals surface area contributed by atoms with Gasteiger partial charge in [-0.15, -0.1) is 0 Å². The highest BCUT2D eigenvalue weighted by Crippen LogP contribution is 2.47. The van der Waals surface area contributed by atoms with Crippen molar-refractivity contribution in [3.05, 3.63) is 77.6 Å². The first-order chi connectivity index (χ1) is 20.2. The zero-order valence-electron chi connectivity index (χ0n) is 22.9. The highest BCUT2D eigenvalue weighted by Gasteiger charge is 2.32. The van der Waals surface area contributed by atoms with E-state index in [2.05, 4.69) is 10.0 Å². The van der Waals surface area contributed by atoms with Gasteiger partial charge < -0.3 is 24.1 Å². The predicted molar refractivity (Wildman–Crippen MR) is 158 cm³/mol. The van der Waals surface area contributed by atoms with Crippen LogP contribution in [0.1, 0.15) is 41.1 Å². The van der Waals surface area contributed by atoms with Gasteiger partial charge in [0, 0.05) is 30.7 Å². The van der Waals surface area contributed by atoms with E-state index in [-0.39, 0.29) is 29.3 Å². The van der Waals surface area contributed by atoms with E-state index in [0.717, 1.165) is 18.4 Å². The van der Waals surface area contributed by atoms with E-state index >= 15 is 0 Å². The third-order valence-corrected chi connectivity index (χ3v) is 8.92. The zero-order valence-corrected chi connectivity index (χ0v) is 23.7. The summed E-state index contributed by atoms with van der Waals surface area (Å²) in [6.07, 6.45) is 2.64. The average Bonchev–Trinajstić information content (AvgIpc) is 3.63. The van der Waals surface area contributed by atoms with Crippen LogP contribution in [0.15, 0.2) is 65.1 Å². The second-order valence-electron chi connectivity index (χ2n) is 10.8. The van der Waals surface area contributed by atoms with Crippen molar-refractivity contribution in [3.8, 4) is 22.8 Å². The molecule has 1 atom stereocenters. The van der Waals surface area contributed by atoms with Crippen LogP contribution < -0.4 is 14.8 Å². The maximum Gasteiger partial charge on any atom is 0.454 e. The Kier molecular flexibility index (Phi) is 7.69. The van der Waals surface area contributed by atoms with Gasteiger partial charge in [-0.3, -0.25) is 9.52 Å². The Morgan fingerprint density at radius 1 is 1.10 bits per heavy atom. The Hall–Kier alpha value is -3.87. The topological polar surface area (TPSA) is 127 Å². The predicted octanol–water partition coefficient (Wildman–Crippen LogP) is 5.53. The first-order valence-electron chi connectivity index (χ1n) is 13.9. The van der Waals surface area contributed by atoms with Crippen LogP contribution in [-0.4, -0.2) is 45.9 Å². The minimum atomic E-state index is -3.69. The highest BCUT2D eigenvalue weighted by molar-refractivity contribution is 7.92. The molecule has 218 valence electrons. The van der Waals surface area contributed by atoms with Gasteiger partial charge in [-0.2, -0.15) is 0 Å². The van der Waals surface area contributed by atoms with E-state index in [1.54, 1.807) is 37.4 Å². The van der Waals surface area contributed by atoms with Gasteiger partial charge in [-0.1, -0.05) is 0 Å². The second kappa shape index (κ2) is 11.4. The molecule has 3 aromatic carbocycles. The number of carbonyl (C=O) groups excluding carboxylic acids is 1. The molecule has 0 bridgehead atoms. The van der Waals surface area contributed by atoms with Crippen molar-refractivity contribution >= 4 is 39.7 Å².